The van der Waals surface area contributed by atoms with Crippen LogP contribution >= 0.6 is 0 Å². The van der Waals surface area contributed by atoms with Gasteiger partial charge in [-0.1, -0.05) is 6.92 Å². The van der Waals surface area contributed by atoms with Gasteiger partial charge in [-0.2, -0.15) is 0 Å². The van der Waals surface area contributed by atoms with Crippen LogP contribution in [0.25, 0.3) is 0 Å². The quantitative estimate of drug-likeness (QED) is 0.797. The first kappa shape index (κ1) is 13.8. The van der Waals surface area contributed by atoms with Crippen LogP contribution in [0.1, 0.15) is 26.2 Å². The summed E-state index contributed by atoms with van der Waals surface area (Å²) < 4.78 is 5.50. The molecule has 4 aliphatic heterocycles. The molecule has 2 bridgehead atoms. The van der Waals surface area contributed by atoms with E-state index in [1.54, 1.807) is 0 Å². The third kappa shape index (κ3) is 3.30. The molecular formula is C15H29N3O. The van der Waals surface area contributed by atoms with Gasteiger partial charge in [-0.25, -0.2) is 0 Å². The monoisotopic (exact) mass is 267 g/mol. The lowest BCUT2D eigenvalue weighted by Crippen LogP contribution is -2.66. The van der Waals surface area contributed by atoms with Crippen LogP contribution in [0, 0.1) is 5.92 Å². The van der Waals surface area contributed by atoms with Crippen molar-refractivity contribution in [1.82, 2.24) is 15.1 Å². The van der Waals surface area contributed by atoms with Crippen LogP contribution in [0.2, 0.25) is 0 Å². The highest BCUT2D eigenvalue weighted by atomic mass is 16.5. The van der Waals surface area contributed by atoms with Crippen LogP contribution in [-0.4, -0.2) is 74.4 Å². The second-order valence-corrected chi connectivity index (χ2v) is 6.36. The molecule has 0 radical (unpaired) electrons. The number of rotatable bonds is 5. The van der Waals surface area contributed by atoms with Crippen molar-refractivity contribution in [1.29, 1.82) is 0 Å². The van der Waals surface area contributed by atoms with Crippen molar-refractivity contribution in [3.8, 4) is 0 Å². The molecule has 4 heteroatoms. The summed E-state index contributed by atoms with van der Waals surface area (Å²) in [6.45, 7) is 11.7. The van der Waals surface area contributed by atoms with Crippen LogP contribution in [0.5, 0.6) is 0 Å². The lowest BCUT2D eigenvalue weighted by molar-refractivity contribution is -0.0117. The molecule has 4 saturated heterocycles. The number of fused-ring (bicyclic) bond motifs is 3. The molecule has 0 aromatic heterocycles. The molecular weight excluding hydrogens is 238 g/mol. The Hall–Kier alpha value is -0.160. The van der Waals surface area contributed by atoms with Gasteiger partial charge in [-0.3, -0.25) is 9.80 Å². The Kier molecular flexibility index (Phi) is 4.74. The van der Waals surface area contributed by atoms with E-state index in [0.717, 1.165) is 31.7 Å². The molecule has 0 aromatic rings. The molecule has 19 heavy (non-hydrogen) atoms. The normalized spacial score (nSPS) is 37.4. The first-order valence-electron chi connectivity index (χ1n) is 8.14. The smallest absolute Gasteiger partial charge is 0.0468 e. The average molecular weight is 267 g/mol. The second-order valence-electron chi connectivity index (χ2n) is 6.36. The van der Waals surface area contributed by atoms with Crippen LogP contribution in [0.4, 0.5) is 0 Å². The molecule has 4 rings (SSSR count). The molecule has 0 saturated carbocycles. The molecule has 4 aliphatic rings. The van der Waals surface area contributed by atoms with Gasteiger partial charge in [0.1, 0.15) is 0 Å². The van der Waals surface area contributed by atoms with Gasteiger partial charge in [-0.05, 0) is 31.7 Å². The Morgan fingerprint density at radius 1 is 1.16 bits per heavy atom. The predicted octanol–water partition coefficient (Wildman–Crippen LogP) is 0.781. The van der Waals surface area contributed by atoms with Crippen molar-refractivity contribution >= 4 is 0 Å². The highest BCUT2D eigenvalue weighted by Crippen LogP contribution is 2.26. The van der Waals surface area contributed by atoms with E-state index in [9.17, 15) is 0 Å². The summed E-state index contributed by atoms with van der Waals surface area (Å²) in [5.41, 5.74) is 0. The van der Waals surface area contributed by atoms with E-state index in [2.05, 4.69) is 22.0 Å². The number of nitrogens with zero attached hydrogens (tertiary/aromatic N) is 2. The Bertz CT molecular complexity index is 273. The number of hydrogen-bond donors (Lipinski definition) is 1. The van der Waals surface area contributed by atoms with Gasteiger partial charge in [0.05, 0.1) is 0 Å². The van der Waals surface area contributed by atoms with E-state index in [1.165, 1.54) is 52.0 Å². The van der Waals surface area contributed by atoms with Gasteiger partial charge in [0, 0.05) is 58.0 Å². The Balaban J connectivity index is 1.59. The van der Waals surface area contributed by atoms with Crippen molar-refractivity contribution in [2.45, 2.75) is 38.3 Å². The summed E-state index contributed by atoms with van der Waals surface area (Å²) >= 11 is 0. The zero-order valence-electron chi connectivity index (χ0n) is 12.3. The summed E-state index contributed by atoms with van der Waals surface area (Å²) in [6.07, 6.45) is 3.86. The van der Waals surface area contributed by atoms with Crippen LogP contribution in [0.15, 0.2) is 0 Å². The summed E-state index contributed by atoms with van der Waals surface area (Å²) in [4.78, 5) is 5.38. The average Bonchev–Trinajstić information content (AvgIpc) is 2.49. The van der Waals surface area contributed by atoms with Gasteiger partial charge in [-0.15, -0.1) is 0 Å². The minimum absolute atomic E-state index is 0.677. The van der Waals surface area contributed by atoms with Crippen molar-refractivity contribution in [3.05, 3.63) is 0 Å². The molecule has 110 valence electrons. The molecule has 0 aromatic carbocycles. The predicted molar refractivity (Wildman–Crippen MR) is 77.4 cm³/mol. The number of ether oxygens (including phenoxy) is 1. The Morgan fingerprint density at radius 3 is 2.47 bits per heavy atom. The Morgan fingerprint density at radius 2 is 1.89 bits per heavy atom. The van der Waals surface area contributed by atoms with Gasteiger partial charge in [0.15, 0.2) is 0 Å². The molecule has 4 heterocycles. The highest BCUT2D eigenvalue weighted by molar-refractivity contribution is 4.95. The van der Waals surface area contributed by atoms with E-state index in [4.69, 9.17) is 4.74 Å². The fourth-order valence-electron chi connectivity index (χ4n) is 4.02. The first-order valence-corrected chi connectivity index (χ1v) is 8.14. The number of nitrogens with one attached hydrogen (secondary N) is 1. The van der Waals surface area contributed by atoms with E-state index < -0.39 is 0 Å². The molecule has 2 atom stereocenters. The molecule has 0 aliphatic carbocycles. The third-order valence-corrected chi connectivity index (χ3v) is 5.18. The van der Waals surface area contributed by atoms with Crippen LogP contribution in [0.3, 0.4) is 0 Å². The fraction of sp³-hybridized carbons (Fsp3) is 1.00. The largest absolute Gasteiger partial charge is 0.381 e. The fourth-order valence-corrected chi connectivity index (χ4v) is 4.02. The molecule has 0 spiro atoms. The maximum atomic E-state index is 5.50. The lowest BCUT2D eigenvalue weighted by Gasteiger charge is -2.50. The topological polar surface area (TPSA) is 27.7 Å². The number of piperazine rings is 3. The summed E-state index contributed by atoms with van der Waals surface area (Å²) in [7, 11) is 0. The van der Waals surface area contributed by atoms with Crippen molar-refractivity contribution in [2.75, 3.05) is 52.5 Å². The second kappa shape index (κ2) is 6.53. The first-order chi connectivity index (χ1) is 9.36. The van der Waals surface area contributed by atoms with E-state index in [1.807, 2.05) is 0 Å². The van der Waals surface area contributed by atoms with Crippen molar-refractivity contribution < 1.29 is 4.74 Å². The molecule has 1 N–H and O–H groups in total. The molecule has 2 unspecified atom stereocenters. The van der Waals surface area contributed by atoms with Gasteiger partial charge in [0.25, 0.3) is 0 Å². The standard InChI is InChI=1S/C15H29N3O/c1-2-16-14(11-13-3-9-19-10-4-13)15-12-17-5-7-18(15)8-6-17/h13-16H,2-12H2,1H3. The van der Waals surface area contributed by atoms with Crippen LogP contribution < -0.4 is 5.32 Å². The summed E-state index contributed by atoms with van der Waals surface area (Å²) in [6, 6.07) is 1.42. The Labute approximate surface area is 117 Å². The highest BCUT2D eigenvalue weighted by Gasteiger charge is 2.37. The van der Waals surface area contributed by atoms with Gasteiger partial charge < -0.3 is 10.1 Å². The lowest BCUT2D eigenvalue weighted by atomic mass is 9.87. The number of likely N-dealkylation sites (N-methyl/N-ethyl adjacent to an activating group) is 1. The SMILES string of the molecule is CCNC(CC1CCOCC1)C1CN2CCN1CC2. The van der Waals surface area contributed by atoms with E-state index >= 15 is 0 Å². The third-order valence-electron chi connectivity index (χ3n) is 5.18. The zero-order chi connectivity index (χ0) is 13.1. The summed E-state index contributed by atoms with van der Waals surface area (Å²) in [5.74, 6) is 0.870. The maximum absolute atomic E-state index is 5.50. The molecule has 0 amide bonds. The number of hydrogen-bond acceptors (Lipinski definition) is 4. The maximum Gasteiger partial charge on any atom is 0.0468 e. The van der Waals surface area contributed by atoms with E-state index in [-0.39, 0.29) is 0 Å². The van der Waals surface area contributed by atoms with Gasteiger partial charge in [0.2, 0.25) is 0 Å². The zero-order valence-corrected chi connectivity index (χ0v) is 12.3. The molecule has 4 nitrogen and oxygen atoms in total. The molecule has 4 fully saturated rings. The summed E-state index contributed by atoms with van der Waals surface area (Å²) in [5, 5.41) is 3.78. The van der Waals surface area contributed by atoms with Crippen LogP contribution in [-0.2, 0) is 4.74 Å². The van der Waals surface area contributed by atoms with Gasteiger partial charge >= 0.3 is 0 Å². The van der Waals surface area contributed by atoms with Crippen molar-refractivity contribution in [2.24, 2.45) is 5.92 Å². The van der Waals surface area contributed by atoms with E-state index in [0.29, 0.717) is 6.04 Å². The minimum Gasteiger partial charge on any atom is -0.381 e. The minimum atomic E-state index is 0.677. The van der Waals surface area contributed by atoms with Crippen molar-refractivity contribution in [3.63, 3.8) is 0 Å².